The van der Waals surface area contributed by atoms with Gasteiger partial charge in [0, 0.05) is 16.0 Å². The van der Waals surface area contributed by atoms with E-state index in [1.807, 2.05) is 0 Å². The number of aliphatic carboxylic acids is 1. The summed E-state index contributed by atoms with van der Waals surface area (Å²) in [7, 11) is 0. The van der Waals surface area contributed by atoms with Gasteiger partial charge in [0.2, 0.25) is 0 Å². The highest BCUT2D eigenvalue weighted by atomic mass is 79.9. The Morgan fingerprint density at radius 3 is 2.76 bits per heavy atom. The standard InChI is InChI=1S/C14H16BrClN2O3/c15-10-8-9(16)5-6-11(10)17-14(21)18-7-3-1-2-4-12(18)13(19)20/h5-6,8,12H,1-4,7H2,(H,17,21)(H,19,20). The first-order valence-electron chi connectivity index (χ1n) is 6.74. The van der Waals surface area contributed by atoms with Crippen LogP contribution in [0.15, 0.2) is 22.7 Å². The molecule has 1 aliphatic heterocycles. The number of carboxylic acids is 1. The maximum absolute atomic E-state index is 12.4. The van der Waals surface area contributed by atoms with E-state index in [-0.39, 0.29) is 0 Å². The van der Waals surface area contributed by atoms with Crippen molar-refractivity contribution >= 4 is 45.2 Å². The lowest BCUT2D eigenvalue weighted by Crippen LogP contribution is -2.46. The molecule has 2 amide bonds. The molecule has 1 aliphatic rings. The predicted molar refractivity (Wildman–Crippen MR) is 84.8 cm³/mol. The number of carbonyl (C=O) groups is 2. The average molecular weight is 376 g/mol. The molecule has 0 bridgehead atoms. The summed E-state index contributed by atoms with van der Waals surface area (Å²) in [6, 6.07) is 3.86. The number of anilines is 1. The Morgan fingerprint density at radius 1 is 1.33 bits per heavy atom. The summed E-state index contributed by atoms with van der Waals surface area (Å²) in [4.78, 5) is 25.1. The third kappa shape index (κ3) is 4.11. The number of hydrogen-bond donors (Lipinski definition) is 2. The fourth-order valence-electron chi connectivity index (χ4n) is 2.39. The second kappa shape index (κ2) is 7.13. The molecule has 1 saturated heterocycles. The molecule has 1 heterocycles. The van der Waals surface area contributed by atoms with Gasteiger partial charge in [-0.3, -0.25) is 0 Å². The van der Waals surface area contributed by atoms with Crippen LogP contribution in [0.1, 0.15) is 25.7 Å². The molecule has 1 aromatic carbocycles. The number of halogens is 2. The van der Waals surface area contributed by atoms with E-state index in [2.05, 4.69) is 21.2 Å². The van der Waals surface area contributed by atoms with Gasteiger partial charge in [0.05, 0.1) is 5.69 Å². The van der Waals surface area contributed by atoms with Crippen molar-refractivity contribution in [1.29, 1.82) is 0 Å². The summed E-state index contributed by atoms with van der Waals surface area (Å²) in [5.41, 5.74) is 0.567. The van der Waals surface area contributed by atoms with Crippen molar-refractivity contribution < 1.29 is 14.7 Å². The van der Waals surface area contributed by atoms with Crippen LogP contribution >= 0.6 is 27.5 Å². The van der Waals surface area contributed by atoms with E-state index in [4.69, 9.17) is 11.6 Å². The number of rotatable bonds is 2. The first-order chi connectivity index (χ1) is 9.99. The molecule has 0 aromatic heterocycles. The van der Waals surface area contributed by atoms with Gasteiger partial charge in [-0.25, -0.2) is 9.59 Å². The minimum absolute atomic E-state index is 0.396. The van der Waals surface area contributed by atoms with E-state index in [1.165, 1.54) is 4.90 Å². The van der Waals surface area contributed by atoms with Crippen LogP contribution in [0.4, 0.5) is 10.5 Å². The van der Waals surface area contributed by atoms with Gasteiger partial charge in [-0.05, 0) is 47.0 Å². The molecule has 0 radical (unpaired) electrons. The molecule has 2 N–H and O–H groups in total. The zero-order valence-corrected chi connectivity index (χ0v) is 13.7. The van der Waals surface area contributed by atoms with Crippen LogP contribution in [0.2, 0.25) is 5.02 Å². The van der Waals surface area contributed by atoms with E-state index in [0.29, 0.717) is 28.1 Å². The topological polar surface area (TPSA) is 69.6 Å². The maximum atomic E-state index is 12.4. The molecule has 0 spiro atoms. The number of amides is 2. The Morgan fingerprint density at radius 2 is 2.10 bits per heavy atom. The Hall–Kier alpha value is -1.27. The highest BCUT2D eigenvalue weighted by Crippen LogP contribution is 2.27. The predicted octanol–water partition coefficient (Wildman–Crippen LogP) is 3.96. The normalized spacial score (nSPS) is 19.0. The number of nitrogens with one attached hydrogen (secondary N) is 1. The third-order valence-electron chi connectivity index (χ3n) is 3.47. The molecule has 5 nitrogen and oxygen atoms in total. The minimum atomic E-state index is -0.956. The van der Waals surface area contributed by atoms with Gasteiger partial charge in [0.1, 0.15) is 6.04 Å². The smallest absolute Gasteiger partial charge is 0.326 e. The van der Waals surface area contributed by atoms with Crippen LogP contribution in [0.25, 0.3) is 0 Å². The van der Waals surface area contributed by atoms with Crippen molar-refractivity contribution in [1.82, 2.24) is 4.90 Å². The fourth-order valence-corrected chi connectivity index (χ4v) is 3.17. The summed E-state index contributed by atoms with van der Waals surface area (Å²) in [6.07, 6.45) is 3.08. The van der Waals surface area contributed by atoms with Gasteiger partial charge in [-0.1, -0.05) is 24.4 Å². The maximum Gasteiger partial charge on any atom is 0.326 e. The van der Waals surface area contributed by atoms with Crippen molar-refractivity contribution in [3.8, 4) is 0 Å². The van der Waals surface area contributed by atoms with E-state index < -0.39 is 18.0 Å². The fraction of sp³-hybridized carbons (Fsp3) is 0.429. The molecule has 1 aromatic rings. The molecule has 7 heteroatoms. The molecule has 0 saturated carbocycles. The number of urea groups is 1. The Balaban J connectivity index is 2.14. The first-order valence-corrected chi connectivity index (χ1v) is 7.91. The van der Waals surface area contributed by atoms with Crippen molar-refractivity contribution in [2.75, 3.05) is 11.9 Å². The molecule has 1 fully saturated rings. The largest absolute Gasteiger partial charge is 0.480 e. The number of benzene rings is 1. The quantitative estimate of drug-likeness (QED) is 0.822. The molecule has 0 aliphatic carbocycles. The number of carbonyl (C=O) groups excluding carboxylic acids is 1. The van der Waals surface area contributed by atoms with Gasteiger partial charge in [0.25, 0.3) is 0 Å². The van der Waals surface area contributed by atoms with Crippen molar-refractivity contribution in [2.45, 2.75) is 31.7 Å². The number of nitrogens with zero attached hydrogens (tertiary/aromatic N) is 1. The van der Waals surface area contributed by atoms with Gasteiger partial charge in [0.15, 0.2) is 0 Å². The summed E-state index contributed by atoms with van der Waals surface area (Å²) in [6.45, 7) is 0.452. The summed E-state index contributed by atoms with van der Waals surface area (Å²) < 4.78 is 0.657. The molecule has 114 valence electrons. The van der Waals surface area contributed by atoms with Crippen LogP contribution in [0.5, 0.6) is 0 Å². The lowest BCUT2D eigenvalue weighted by atomic mass is 10.1. The van der Waals surface area contributed by atoms with Crippen LogP contribution < -0.4 is 5.32 Å². The third-order valence-corrected chi connectivity index (χ3v) is 4.36. The van der Waals surface area contributed by atoms with Crippen LogP contribution in [-0.4, -0.2) is 34.6 Å². The molecule has 1 atom stereocenters. The SMILES string of the molecule is O=C(O)C1CCCCCN1C(=O)Nc1ccc(Cl)cc1Br. The molecule has 21 heavy (non-hydrogen) atoms. The lowest BCUT2D eigenvalue weighted by molar-refractivity contribution is -0.142. The molecule has 2 rings (SSSR count). The molecular formula is C14H16BrClN2O3. The minimum Gasteiger partial charge on any atom is -0.480 e. The van der Waals surface area contributed by atoms with Crippen molar-refractivity contribution in [2.24, 2.45) is 0 Å². The van der Waals surface area contributed by atoms with E-state index in [0.717, 1.165) is 19.3 Å². The zero-order valence-electron chi connectivity index (χ0n) is 11.3. The first kappa shape index (κ1) is 16.1. The van der Waals surface area contributed by atoms with E-state index in [1.54, 1.807) is 18.2 Å². The highest BCUT2D eigenvalue weighted by Gasteiger charge is 2.30. The molecule has 1 unspecified atom stereocenters. The Labute approximate surface area is 136 Å². The highest BCUT2D eigenvalue weighted by molar-refractivity contribution is 9.10. The zero-order chi connectivity index (χ0) is 15.4. The van der Waals surface area contributed by atoms with Gasteiger partial charge < -0.3 is 15.3 Å². The Kier molecular flexibility index (Phi) is 5.47. The number of likely N-dealkylation sites (tertiary alicyclic amines) is 1. The summed E-state index contributed by atoms with van der Waals surface area (Å²) in [5, 5.41) is 12.6. The van der Waals surface area contributed by atoms with Crippen molar-refractivity contribution in [3.05, 3.63) is 27.7 Å². The van der Waals surface area contributed by atoms with Crippen molar-refractivity contribution in [3.63, 3.8) is 0 Å². The van der Waals surface area contributed by atoms with Crippen LogP contribution in [0.3, 0.4) is 0 Å². The summed E-state index contributed by atoms with van der Waals surface area (Å²) >= 11 is 9.18. The van der Waals surface area contributed by atoms with Crippen LogP contribution in [0, 0.1) is 0 Å². The second-order valence-corrected chi connectivity index (χ2v) is 6.24. The summed E-state index contributed by atoms with van der Waals surface area (Å²) in [5.74, 6) is -0.956. The average Bonchev–Trinajstić information content (AvgIpc) is 2.67. The number of carboxylic acid groups (broad SMARTS) is 1. The Bertz CT molecular complexity index is 553. The second-order valence-electron chi connectivity index (χ2n) is 4.95. The van der Waals surface area contributed by atoms with E-state index in [9.17, 15) is 14.7 Å². The monoisotopic (exact) mass is 374 g/mol. The van der Waals surface area contributed by atoms with Gasteiger partial charge >= 0.3 is 12.0 Å². The molecular weight excluding hydrogens is 360 g/mol. The number of hydrogen-bond acceptors (Lipinski definition) is 2. The van der Waals surface area contributed by atoms with Crippen LogP contribution in [-0.2, 0) is 4.79 Å². The van der Waals surface area contributed by atoms with E-state index >= 15 is 0 Å². The van der Waals surface area contributed by atoms with Gasteiger partial charge in [-0.15, -0.1) is 0 Å². The lowest BCUT2D eigenvalue weighted by Gasteiger charge is -2.27. The van der Waals surface area contributed by atoms with Gasteiger partial charge in [-0.2, -0.15) is 0 Å².